The maximum absolute atomic E-state index is 15.0. The van der Waals surface area contributed by atoms with E-state index in [1.807, 2.05) is 0 Å². The number of alkyl halides is 7. The largest absolute Gasteiger partial charge is 0.480 e. The number of fused-ring (bicyclic) bond motifs is 3. The van der Waals surface area contributed by atoms with Crippen LogP contribution in [0.5, 0.6) is 0 Å². The predicted octanol–water partition coefficient (Wildman–Crippen LogP) is 5.02. The first kappa shape index (κ1) is 33.9. The maximum Gasteiger partial charge on any atom is 0.435 e. The average Bonchev–Trinajstić information content (AvgIpc) is 3.37. The first-order chi connectivity index (χ1) is 21.3. The van der Waals surface area contributed by atoms with Crippen molar-refractivity contribution in [2.75, 3.05) is 32.7 Å². The van der Waals surface area contributed by atoms with Crippen molar-refractivity contribution in [2.24, 2.45) is 0 Å². The number of carboxylic acid groups (broad SMARTS) is 1. The lowest BCUT2D eigenvalue weighted by Crippen LogP contribution is -2.59. The number of carbonyl (C=O) groups excluding carboxylic acids is 1. The minimum atomic E-state index is -6.38. The number of amides is 2. The van der Waals surface area contributed by atoms with Gasteiger partial charge >= 0.3 is 30.0 Å². The molecule has 46 heavy (non-hydrogen) atoms. The molecule has 0 spiro atoms. The first-order valence-corrected chi connectivity index (χ1v) is 15.7. The van der Waals surface area contributed by atoms with Crippen molar-refractivity contribution in [3.8, 4) is 0 Å². The summed E-state index contributed by atoms with van der Waals surface area (Å²) in [4.78, 5) is 29.1. The van der Waals surface area contributed by atoms with E-state index < -0.39 is 62.0 Å². The molecule has 2 aliphatic heterocycles. The number of aryl methyl sites for hydroxylation is 1. The summed E-state index contributed by atoms with van der Waals surface area (Å²) >= 11 is 0. The highest BCUT2D eigenvalue weighted by Crippen LogP contribution is 2.56. The van der Waals surface area contributed by atoms with Gasteiger partial charge in [-0.1, -0.05) is 18.2 Å². The maximum atomic E-state index is 15.0. The molecule has 1 aliphatic carbocycles. The van der Waals surface area contributed by atoms with Gasteiger partial charge in [0.25, 0.3) is 0 Å². The molecule has 1 N–H and O–H groups in total. The second-order valence-corrected chi connectivity index (χ2v) is 14.0. The number of likely N-dealkylation sites (tertiary alicyclic amines) is 1. The van der Waals surface area contributed by atoms with Crippen LogP contribution in [0.2, 0.25) is 0 Å². The second-order valence-electron chi connectivity index (χ2n) is 11.8. The summed E-state index contributed by atoms with van der Waals surface area (Å²) in [5.74, 6) is -1.82. The van der Waals surface area contributed by atoms with Gasteiger partial charge in [0.15, 0.2) is 9.84 Å². The van der Waals surface area contributed by atoms with E-state index in [0.29, 0.717) is 6.07 Å². The molecule has 2 saturated heterocycles. The Kier molecular flexibility index (Phi) is 8.36. The van der Waals surface area contributed by atoms with Crippen LogP contribution in [0.25, 0.3) is 0 Å². The predicted molar refractivity (Wildman–Crippen MR) is 146 cm³/mol. The second kappa shape index (κ2) is 11.3. The lowest BCUT2D eigenvalue weighted by molar-refractivity contribution is -0.348. The summed E-state index contributed by atoms with van der Waals surface area (Å²) in [6, 6.07) is 3.07. The van der Waals surface area contributed by atoms with Gasteiger partial charge in [-0.3, -0.25) is 9.69 Å². The molecular weight excluding hydrogens is 654 g/mol. The summed E-state index contributed by atoms with van der Waals surface area (Å²) in [6.07, 6.45) is -13.5. The van der Waals surface area contributed by atoms with Gasteiger partial charge in [-0.2, -0.15) is 26.3 Å². The van der Waals surface area contributed by atoms with Gasteiger partial charge in [0.2, 0.25) is 0 Å². The molecule has 2 heterocycles. The van der Waals surface area contributed by atoms with E-state index in [4.69, 9.17) is 5.11 Å². The van der Waals surface area contributed by atoms with E-state index in [9.17, 15) is 48.7 Å². The number of halogens is 8. The van der Waals surface area contributed by atoms with Crippen LogP contribution in [0.3, 0.4) is 0 Å². The smallest absolute Gasteiger partial charge is 0.435 e. The highest BCUT2D eigenvalue weighted by Gasteiger charge is 2.74. The zero-order valence-corrected chi connectivity index (χ0v) is 25.0. The molecule has 3 atom stereocenters. The monoisotopic (exact) mass is 683 g/mol. The number of rotatable bonds is 5. The van der Waals surface area contributed by atoms with Gasteiger partial charge in [0, 0.05) is 37.8 Å². The summed E-state index contributed by atoms with van der Waals surface area (Å²) in [7, 11) is -4.62. The van der Waals surface area contributed by atoms with Crippen molar-refractivity contribution < 1.29 is 58.2 Å². The minimum Gasteiger partial charge on any atom is -0.480 e. The topological polar surface area (TPSA) is 98.2 Å². The number of nitrogens with zero attached hydrogens (tertiary/aromatic N) is 3. The van der Waals surface area contributed by atoms with E-state index in [0.717, 1.165) is 30.3 Å². The molecule has 2 fully saturated rings. The average molecular weight is 684 g/mol. The quantitative estimate of drug-likeness (QED) is 0.352. The van der Waals surface area contributed by atoms with E-state index in [1.165, 1.54) is 9.80 Å². The van der Waals surface area contributed by atoms with Gasteiger partial charge in [0.05, 0.1) is 17.5 Å². The molecule has 0 bridgehead atoms. The molecule has 2 aromatic carbocycles. The third kappa shape index (κ3) is 5.18. The number of sulfone groups is 1. The standard InChI is InChI=1S/C29H29F8N3O5S/c1-17-15-39(13-12-38(17)16-24(41)42)25(43)40-11-10-26(46(44,45)21-6-4-20(30)5-7-21)22-8-3-19(14-18(22)2-9-23(26)40)27(31,28(32,33)34)29(35,36)37/h3-8,14,17,23H,2,9-13,15-16H2,1H3,(H,41,42)/t17-,23+,26+/m0/s1. The number of carboxylic acids is 1. The molecule has 252 valence electrons. The Morgan fingerprint density at radius 2 is 1.59 bits per heavy atom. The molecule has 3 aliphatic rings. The van der Waals surface area contributed by atoms with Crippen molar-refractivity contribution in [1.29, 1.82) is 0 Å². The van der Waals surface area contributed by atoms with Gasteiger partial charge in [-0.25, -0.2) is 22.0 Å². The van der Waals surface area contributed by atoms with Crippen LogP contribution in [0, 0.1) is 5.82 Å². The van der Waals surface area contributed by atoms with E-state index in [1.54, 1.807) is 11.8 Å². The Morgan fingerprint density at radius 1 is 0.957 bits per heavy atom. The van der Waals surface area contributed by atoms with Crippen molar-refractivity contribution in [1.82, 2.24) is 14.7 Å². The molecule has 8 nitrogen and oxygen atoms in total. The van der Waals surface area contributed by atoms with Crippen molar-refractivity contribution in [3.63, 3.8) is 0 Å². The molecule has 5 rings (SSSR count). The fraction of sp³-hybridized carbons (Fsp3) is 0.517. The van der Waals surface area contributed by atoms with Gasteiger partial charge < -0.3 is 14.9 Å². The number of piperazine rings is 1. The summed E-state index contributed by atoms with van der Waals surface area (Å²) in [5.41, 5.74) is -7.90. The summed E-state index contributed by atoms with van der Waals surface area (Å²) in [6.45, 7) is 1.75. The normalized spacial score (nSPS) is 24.5. The van der Waals surface area contributed by atoms with E-state index in [2.05, 4.69) is 0 Å². The third-order valence-corrected chi connectivity index (χ3v) is 11.8. The highest BCUT2D eigenvalue weighted by molar-refractivity contribution is 7.92. The third-order valence-electron chi connectivity index (χ3n) is 9.29. The van der Waals surface area contributed by atoms with Crippen LogP contribution < -0.4 is 0 Å². The molecule has 2 amide bonds. The highest BCUT2D eigenvalue weighted by atomic mass is 32.2. The molecule has 0 aromatic heterocycles. The number of carbonyl (C=O) groups is 2. The number of aliphatic carboxylic acids is 1. The lowest BCUT2D eigenvalue weighted by atomic mass is 9.77. The van der Waals surface area contributed by atoms with E-state index >= 15 is 4.39 Å². The molecule has 17 heteroatoms. The zero-order chi connectivity index (χ0) is 34.0. The lowest BCUT2D eigenvalue weighted by Gasteiger charge is -2.45. The van der Waals surface area contributed by atoms with Gasteiger partial charge in [-0.05, 0) is 61.6 Å². The Bertz CT molecular complexity index is 1620. The molecule has 0 saturated carbocycles. The molecular formula is C29H29F8N3O5S. The Morgan fingerprint density at radius 3 is 2.15 bits per heavy atom. The number of urea groups is 1. The fourth-order valence-corrected chi connectivity index (χ4v) is 9.41. The molecule has 0 radical (unpaired) electrons. The van der Waals surface area contributed by atoms with Crippen LogP contribution in [-0.4, -0.2) is 97.4 Å². The van der Waals surface area contributed by atoms with Crippen molar-refractivity contribution in [2.45, 2.75) is 65.9 Å². The molecule has 2 aromatic rings. The van der Waals surface area contributed by atoms with Crippen molar-refractivity contribution in [3.05, 3.63) is 65.0 Å². The van der Waals surface area contributed by atoms with Gasteiger partial charge in [0.1, 0.15) is 10.6 Å². The van der Waals surface area contributed by atoms with Gasteiger partial charge in [-0.15, -0.1) is 0 Å². The Hall–Kier alpha value is -3.47. The Labute approximate surface area is 258 Å². The number of hydrogen-bond acceptors (Lipinski definition) is 5. The van der Waals surface area contributed by atoms with E-state index in [-0.39, 0.29) is 80.1 Å². The van der Waals surface area contributed by atoms with Crippen LogP contribution in [-0.2, 0) is 31.5 Å². The minimum absolute atomic E-state index is 0.112. The van der Waals surface area contributed by atoms with Crippen LogP contribution >= 0.6 is 0 Å². The fourth-order valence-electron chi connectivity index (χ4n) is 7.04. The summed E-state index contributed by atoms with van der Waals surface area (Å²) in [5, 5.41) is 9.16. The molecule has 0 unspecified atom stereocenters. The zero-order valence-electron chi connectivity index (χ0n) is 24.2. The Balaban J connectivity index is 1.60. The number of benzene rings is 2. The SMILES string of the molecule is C[C@H]1CN(C(=O)N2CC[C@@]3(S(=O)(=O)c4ccc(F)cc4)c4ccc(C(F)(C(F)(F)F)C(F)(F)F)cc4CC[C@@H]23)CCN1CC(=O)O. The van der Waals surface area contributed by atoms with Crippen molar-refractivity contribution >= 4 is 21.8 Å². The first-order valence-electron chi connectivity index (χ1n) is 14.2. The summed E-state index contributed by atoms with van der Waals surface area (Å²) < 4.78 is 137. The van der Waals surface area contributed by atoms with Crippen LogP contribution in [0.4, 0.5) is 39.9 Å². The van der Waals surface area contributed by atoms with Crippen LogP contribution in [0.15, 0.2) is 47.4 Å². The van der Waals surface area contributed by atoms with Crippen LogP contribution in [0.1, 0.15) is 36.5 Å². The number of hydrogen-bond donors (Lipinski definition) is 1.